The number of methoxy groups -OCH3 is 1. The molecular formula is C27H26N4O3S. The fourth-order valence-electron chi connectivity index (χ4n) is 4.31. The first-order valence-corrected chi connectivity index (χ1v) is 12.3. The van der Waals surface area contributed by atoms with E-state index in [2.05, 4.69) is 16.5 Å². The third-order valence-corrected chi connectivity index (χ3v) is 7.05. The summed E-state index contributed by atoms with van der Waals surface area (Å²) in [6.45, 7) is 4.51. The van der Waals surface area contributed by atoms with Crippen molar-refractivity contribution in [2.45, 2.75) is 26.3 Å². The molecule has 4 aromatic rings. The molecule has 178 valence electrons. The predicted octanol–water partition coefficient (Wildman–Crippen LogP) is 5.86. The van der Waals surface area contributed by atoms with Crippen LogP contribution in [0, 0.1) is 6.92 Å². The molecule has 1 N–H and O–H groups in total. The van der Waals surface area contributed by atoms with Gasteiger partial charge in [-0.1, -0.05) is 47.1 Å². The summed E-state index contributed by atoms with van der Waals surface area (Å²) in [5.74, 6) is 1.60. The zero-order valence-corrected chi connectivity index (χ0v) is 20.6. The van der Waals surface area contributed by atoms with E-state index >= 15 is 0 Å². The van der Waals surface area contributed by atoms with Crippen molar-refractivity contribution in [2.24, 2.45) is 0 Å². The second-order valence-electron chi connectivity index (χ2n) is 8.43. The van der Waals surface area contributed by atoms with Crippen LogP contribution in [0.25, 0.3) is 17.0 Å². The van der Waals surface area contributed by atoms with Crippen LogP contribution in [0.15, 0.2) is 76.3 Å². The van der Waals surface area contributed by atoms with Crippen LogP contribution in [0.1, 0.15) is 34.9 Å². The monoisotopic (exact) mass is 486 g/mol. The van der Waals surface area contributed by atoms with E-state index in [0.29, 0.717) is 24.0 Å². The van der Waals surface area contributed by atoms with Gasteiger partial charge in [0.05, 0.1) is 18.7 Å². The molecule has 1 aliphatic heterocycles. The van der Waals surface area contributed by atoms with Gasteiger partial charge in [0.2, 0.25) is 5.82 Å². The number of nitrogens with zero attached hydrogens (tertiary/aromatic N) is 3. The Morgan fingerprint density at radius 3 is 2.74 bits per heavy atom. The average molecular weight is 487 g/mol. The molecule has 1 aliphatic rings. The molecule has 5 rings (SSSR count). The molecule has 0 bridgehead atoms. The number of nitrogens with one attached hydrogen (secondary N) is 1. The highest BCUT2D eigenvalue weighted by molar-refractivity contribution is 7.09. The number of hydrogen-bond acceptors (Lipinski definition) is 6. The summed E-state index contributed by atoms with van der Waals surface area (Å²) in [6.07, 6.45) is 0.762. The lowest BCUT2D eigenvalue weighted by atomic mass is 9.94. The van der Waals surface area contributed by atoms with E-state index in [9.17, 15) is 4.79 Å². The minimum absolute atomic E-state index is 0.158. The molecule has 1 atom stereocenters. The van der Waals surface area contributed by atoms with Crippen molar-refractivity contribution in [2.75, 3.05) is 13.7 Å². The molecule has 2 aromatic heterocycles. The zero-order chi connectivity index (χ0) is 24.4. The molecular weight excluding hydrogens is 460 g/mol. The number of carbonyl (C=O) groups is 1. The van der Waals surface area contributed by atoms with Gasteiger partial charge in [-0.2, -0.15) is 4.98 Å². The highest BCUT2D eigenvalue weighted by atomic mass is 32.1. The minimum Gasteiger partial charge on any atom is -0.497 e. The Hall–Kier alpha value is -3.91. The molecule has 2 amide bonds. The number of rotatable bonds is 7. The number of ether oxygens (including phenoxy) is 1. The lowest BCUT2D eigenvalue weighted by molar-refractivity contribution is 0.205. The summed E-state index contributed by atoms with van der Waals surface area (Å²) in [4.78, 5) is 20.9. The van der Waals surface area contributed by atoms with Gasteiger partial charge in [0.15, 0.2) is 0 Å². The normalized spacial score (nSPS) is 15.9. The number of carbonyl (C=O) groups excluding carboxylic acids is 1. The Kier molecular flexibility index (Phi) is 6.37. The van der Waals surface area contributed by atoms with Crippen LogP contribution in [0.4, 0.5) is 4.79 Å². The lowest BCUT2D eigenvalue weighted by Crippen LogP contribution is -2.46. The Balaban J connectivity index is 1.57. The Morgan fingerprint density at radius 2 is 1.97 bits per heavy atom. The number of urea groups is 1. The maximum absolute atomic E-state index is 13.2. The van der Waals surface area contributed by atoms with Gasteiger partial charge >= 0.3 is 6.03 Å². The van der Waals surface area contributed by atoms with Gasteiger partial charge in [-0.05, 0) is 55.5 Å². The number of benzene rings is 2. The summed E-state index contributed by atoms with van der Waals surface area (Å²) in [5.41, 5.74) is 4.43. The number of thiophene rings is 1. The number of aryl methyl sites for hydroxylation is 1. The van der Waals surface area contributed by atoms with Crippen LogP contribution in [-0.4, -0.2) is 34.7 Å². The fraction of sp³-hybridized carbons (Fsp3) is 0.222. The van der Waals surface area contributed by atoms with Gasteiger partial charge in [0.25, 0.3) is 5.89 Å². The van der Waals surface area contributed by atoms with Gasteiger partial charge in [-0.25, -0.2) is 4.79 Å². The minimum atomic E-state index is -0.457. The molecule has 0 saturated carbocycles. The summed E-state index contributed by atoms with van der Waals surface area (Å²) < 4.78 is 11.2. The van der Waals surface area contributed by atoms with E-state index in [1.165, 1.54) is 4.88 Å². The van der Waals surface area contributed by atoms with Crippen LogP contribution in [0.5, 0.6) is 5.75 Å². The summed E-state index contributed by atoms with van der Waals surface area (Å²) in [6, 6.07) is 19.1. The third kappa shape index (κ3) is 4.70. The number of aromatic nitrogens is 2. The lowest BCUT2D eigenvalue weighted by Gasteiger charge is -2.35. The molecule has 3 heterocycles. The SMILES string of the molecule is COc1cccc(C2NC(=O)N(CCc3cccs3)C(C)=C2c2nc(-c3cccc(C)c3)no2)c1. The first-order chi connectivity index (χ1) is 17.0. The second kappa shape index (κ2) is 9.76. The van der Waals surface area contributed by atoms with Gasteiger partial charge in [-0.15, -0.1) is 11.3 Å². The van der Waals surface area contributed by atoms with E-state index < -0.39 is 6.04 Å². The molecule has 2 aromatic carbocycles. The van der Waals surface area contributed by atoms with Crippen molar-refractivity contribution in [1.29, 1.82) is 0 Å². The number of allylic oxidation sites excluding steroid dienone is 1. The van der Waals surface area contributed by atoms with Crippen LogP contribution >= 0.6 is 11.3 Å². The van der Waals surface area contributed by atoms with E-state index in [-0.39, 0.29) is 6.03 Å². The highest BCUT2D eigenvalue weighted by Gasteiger charge is 2.35. The van der Waals surface area contributed by atoms with Crippen molar-refractivity contribution in [1.82, 2.24) is 20.4 Å². The maximum Gasteiger partial charge on any atom is 0.322 e. The fourth-order valence-corrected chi connectivity index (χ4v) is 5.01. The van der Waals surface area contributed by atoms with Crippen LogP contribution in [0.3, 0.4) is 0 Å². The van der Waals surface area contributed by atoms with Crippen molar-refractivity contribution >= 4 is 22.9 Å². The number of amides is 2. The first-order valence-electron chi connectivity index (χ1n) is 11.4. The van der Waals surface area contributed by atoms with E-state index in [1.54, 1.807) is 23.3 Å². The Morgan fingerprint density at radius 1 is 1.11 bits per heavy atom. The Bertz CT molecular complexity index is 1380. The largest absolute Gasteiger partial charge is 0.497 e. The van der Waals surface area contributed by atoms with Gasteiger partial charge in [-0.3, -0.25) is 4.90 Å². The van der Waals surface area contributed by atoms with Crippen molar-refractivity contribution in [3.63, 3.8) is 0 Å². The van der Waals surface area contributed by atoms with Gasteiger partial charge in [0.1, 0.15) is 5.75 Å². The topological polar surface area (TPSA) is 80.5 Å². The molecule has 0 radical (unpaired) electrons. The van der Waals surface area contributed by atoms with Gasteiger partial charge < -0.3 is 14.6 Å². The molecule has 8 heteroatoms. The quantitative estimate of drug-likeness (QED) is 0.354. The predicted molar refractivity (Wildman–Crippen MR) is 136 cm³/mol. The second-order valence-corrected chi connectivity index (χ2v) is 9.46. The molecule has 0 fully saturated rings. The van der Waals surface area contributed by atoms with Crippen LogP contribution in [-0.2, 0) is 6.42 Å². The summed E-state index contributed by atoms with van der Waals surface area (Å²) in [5, 5.41) is 9.45. The first kappa shape index (κ1) is 22.9. The third-order valence-electron chi connectivity index (χ3n) is 6.12. The highest BCUT2D eigenvalue weighted by Crippen LogP contribution is 2.38. The van der Waals surface area contributed by atoms with Crippen molar-refractivity contribution < 1.29 is 14.1 Å². The van der Waals surface area contributed by atoms with E-state index in [0.717, 1.165) is 34.4 Å². The summed E-state index contributed by atoms with van der Waals surface area (Å²) in [7, 11) is 1.62. The number of hydrogen-bond donors (Lipinski definition) is 1. The molecule has 1 unspecified atom stereocenters. The molecule has 0 aliphatic carbocycles. The Labute approximate surface area is 208 Å². The average Bonchev–Trinajstić information content (AvgIpc) is 3.56. The molecule has 35 heavy (non-hydrogen) atoms. The molecule has 7 nitrogen and oxygen atoms in total. The van der Waals surface area contributed by atoms with Crippen LogP contribution in [0.2, 0.25) is 0 Å². The van der Waals surface area contributed by atoms with E-state index in [1.807, 2.05) is 73.8 Å². The molecule has 0 saturated heterocycles. The standard InChI is InChI=1S/C27H26N4O3S/c1-17-7-4-9-20(15-17)25-29-26(34-30-25)23-18(2)31(13-12-22-11-6-14-35-22)27(32)28-24(23)19-8-5-10-21(16-19)33-3/h4-11,14-16,24H,12-13H2,1-3H3,(H,28,32). The van der Waals surface area contributed by atoms with Crippen LogP contribution < -0.4 is 10.1 Å². The van der Waals surface area contributed by atoms with Crippen molar-refractivity contribution in [3.05, 3.63) is 93.6 Å². The van der Waals surface area contributed by atoms with Gasteiger partial charge in [0, 0.05) is 22.7 Å². The smallest absolute Gasteiger partial charge is 0.322 e. The maximum atomic E-state index is 13.2. The zero-order valence-electron chi connectivity index (χ0n) is 19.8. The van der Waals surface area contributed by atoms with Crippen molar-refractivity contribution in [3.8, 4) is 17.1 Å². The molecule has 0 spiro atoms. The van der Waals surface area contributed by atoms with E-state index in [4.69, 9.17) is 14.2 Å². The summed E-state index contributed by atoms with van der Waals surface area (Å²) >= 11 is 1.69.